The van der Waals surface area contributed by atoms with Crippen LogP contribution in [0.5, 0.6) is 0 Å². The van der Waals surface area contributed by atoms with Gasteiger partial charge in [0.2, 0.25) is 5.91 Å². The van der Waals surface area contributed by atoms with Crippen LogP contribution in [0.4, 0.5) is 0 Å². The van der Waals surface area contributed by atoms with Gasteiger partial charge >= 0.3 is 11.9 Å². The zero-order chi connectivity index (χ0) is 23.2. The predicted molar refractivity (Wildman–Crippen MR) is 113 cm³/mol. The molecule has 0 saturated carbocycles. The number of quaternary nitrogens is 1. The molecule has 1 unspecified atom stereocenters. The monoisotopic (exact) mass is 426 g/mol. The van der Waals surface area contributed by atoms with Crippen molar-refractivity contribution in [3.63, 3.8) is 0 Å². The molecule has 1 atom stereocenters. The normalized spacial score (nSPS) is 12.6. The van der Waals surface area contributed by atoms with Crippen molar-refractivity contribution in [2.45, 2.75) is 45.6 Å². The van der Waals surface area contributed by atoms with Crippen LogP contribution in [0.1, 0.15) is 39.5 Å². The van der Waals surface area contributed by atoms with E-state index in [0.29, 0.717) is 48.1 Å². The van der Waals surface area contributed by atoms with Gasteiger partial charge in [-0.1, -0.05) is 6.58 Å². The fourth-order valence-electron chi connectivity index (χ4n) is 2.69. The van der Waals surface area contributed by atoms with Crippen molar-refractivity contribution in [3.8, 4) is 0 Å². The number of carbonyl (C=O) groups is 4. The Morgan fingerprint density at radius 3 is 2.40 bits per heavy atom. The number of nitrogens with one attached hydrogen (secondary N) is 2. The smallest absolute Gasteiger partial charge is 0.333 e. The summed E-state index contributed by atoms with van der Waals surface area (Å²) >= 11 is 0. The highest BCUT2D eigenvalue weighted by atomic mass is 16.5. The predicted octanol–water partition coefficient (Wildman–Crippen LogP) is 1.00. The summed E-state index contributed by atoms with van der Waals surface area (Å²) in [6.45, 7) is 8.70. The van der Waals surface area contributed by atoms with Crippen LogP contribution in [0.2, 0.25) is 0 Å². The van der Waals surface area contributed by atoms with E-state index in [-0.39, 0.29) is 31.4 Å². The number of hydrogen-bond donors (Lipinski definition) is 3. The largest absolute Gasteiger partial charge is 0.481 e. The van der Waals surface area contributed by atoms with E-state index in [1.807, 2.05) is 14.1 Å². The molecule has 0 aliphatic rings. The molecule has 0 aromatic rings. The van der Waals surface area contributed by atoms with Gasteiger partial charge in [0, 0.05) is 36.9 Å². The zero-order valence-electron chi connectivity index (χ0n) is 18.5. The average Bonchev–Trinajstić information content (AvgIpc) is 2.66. The van der Waals surface area contributed by atoms with Gasteiger partial charge in [0.1, 0.15) is 12.3 Å². The minimum atomic E-state index is -0.927. The van der Waals surface area contributed by atoms with Crippen molar-refractivity contribution < 1.29 is 33.5 Å². The van der Waals surface area contributed by atoms with Crippen molar-refractivity contribution in [1.82, 2.24) is 10.6 Å². The molecule has 170 valence electrons. The van der Waals surface area contributed by atoms with Crippen LogP contribution in [-0.2, 0) is 23.9 Å². The van der Waals surface area contributed by atoms with Crippen LogP contribution in [0.15, 0.2) is 23.9 Å². The maximum absolute atomic E-state index is 12.1. The number of nitrogens with zero attached hydrogens (tertiary/aromatic N) is 1. The summed E-state index contributed by atoms with van der Waals surface area (Å²) < 4.78 is 5.37. The Bertz CT molecular complexity index is 643. The van der Waals surface area contributed by atoms with E-state index in [9.17, 15) is 19.2 Å². The lowest BCUT2D eigenvalue weighted by molar-refractivity contribution is -0.914. The second-order valence-corrected chi connectivity index (χ2v) is 7.82. The molecule has 0 bridgehead atoms. The lowest BCUT2D eigenvalue weighted by Crippen LogP contribution is -2.51. The molecule has 3 N–H and O–H groups in total. The number of hydrogen-bond acceptors (Lipinski definition) is 6. The first kappa shape index (κ1) is 27.3. The van der Waals surface area contributed by atoms with Gasteiger partial charge in [-0.25, -0.2) is 4.79 Å². The third kappa shape index (κ3) is 12.0. The van der Waals surface area contributed by atoms with E-state index >= 15 is 0 Å². The SMILES string of the molecule is C=C(C)C(=O)OCCCNC=C(C)C(=O)NCCC[N+](C)(C)C(CC=O)CC(=O)O. The number of carboxylic acid groups (broad SMARTS) is 1. The molecule has 0 rings (SSSR count). The third-order valence-corrected chi connectivity index (χ3v) is 4.69. The Morgan fingerprint density at radius 2 is 1.83 bits per heavy atom. The Labute approximate surface area is 178 Å². The van der Waals surface area contributed by atoms with Crippen LogP contribution in [0.3, 0.4) is 0 Å². The lowest BCUT2D eigenvalue weighted by Gasteiger charge is -2.36. The minimum absolute atomic E-state index is 0.0714. The summed E-state index contributed by atoms with van der Waals surface area (Å²) in [6.07, 6.45) is 3.74. The van der Waals surface area contributed by atoms with Gasteiger partial charge in [-0.05, 0) is 20.3 Å². The minimum Gasteiger partial charge on any atom is -0.481 e. The van der Waals surface area contributed by atoms with Crippen molar-refractivity contribution in [1.29, 1.82) is 0 Å². The van der Waals surface area contributed by atoms with Crippen LogP contribution >= 0.6 is 0 Å². The molecule has 0 heterocycles. The first-order chi connectivity index (χ1) is 14.0. The zero-order valence-corrected chi connectivity index (χ0v) is 18.5. The number of esters is 1. The number of ether oxygens (including phenoxy) is 1. The summed E-state index contributed by atoms with van der Waals surface area (Å²) in [5.41, 5.74) is 0.881. The molecule has 0 aromatic heterocycles. The molecule has 1 amide bonds. The van der Waals surface area contributed by atoms with Crippen molar-refractivity contribution in [2.75, 3.05) is 40.3 Å². The molecule has 0 aromatic carbocycles. The van der Waals surface area contributed by atoms with Gasteiger partial charge in [-0.2, -0.15) is 0 Å². The van der Waals surface area contributed by atoms with Crippen LogP contribution in [0.25, 0.3) is 0 Å². The van der Waals surface area contributed by atoms with Gasteiger partial charge in [0.05, 0.1) is 40.1 Å². The molecule has 0 aliphatic heterocycles. The maximum atomic E-state index is 12.1. The van der Waals surface area contributed by atoms with E-state index in [2.05, 4.69) is 17.2 Å². The van der Waals surface area contributed by atoms with Crippen LogP contribution < -0.4 is 10.6 Å². The molecular weight excluding hydrogens is 390 g/mol. The Balaban J connectivity index is 4.19. The fourth-order valence-corrected chi connectivity index (χ4v) is 2.69. The quantitative estimate of drug-likeness (QED) is 0.111. The topological polar surface area (TPSA) is 122 Å². The van der Waals surface area contributed by atoms with Crippen molar-refractivity contribution in [2.24, 2.45) is 0 Å². The number of rotatable bonds is 16. The van der Waals surface area contributed by atoms with Crippen LogP contribution in [0, 0.1) is 0 Å². The molecule has 0 saturated heterocycles. The molecule has 0 radical (unpaired) electrons. The highest BCUT2D eigenvalue weighted by Gasteiger charge is 2.29. The molecule has 9 heteroatoms. The van der Waals surface area contributed by atoms with Gasteiger partial charge in [0.15, 0.2) is 0 Å². The summed E-state index contributed by atoms with van der Waals surface area (Å²) in [5, 5.41) is 14.9. The fraction of sp³-hybridized carbons (Fsp3) is 0.619. The second kappa shape index (κ2) is 14.3. The number of aldehydes is 1. The summed E-state index contributed by atoms with van der Waals surface area (Å²) in [6, 6.07) is -0.295. The summed E-state index contributed by atoms with van der Waals surface area (Å²) in [7, 11) is 3.78. The molecule has 0 aliphatic carbocycles. The Kier molecular flexibility index (Phi) is 13.0. The Morgan fingerprint density at radius 1 is 1.17 bits per heavy atom. The molecular formula is C21H36N3O6+. The number of carboxylic acids is 1. The molecule has 30 heavy (non-hydrogen) atoms. The van der Waals surface area contributed by atoms with Crippen molar-refractivity contribution >= 4 is 24.1 Å². The molecule has 0 fully saturated rings. The average molecular weight is 427 g/mol. The third-order valence-electron chi connectivity index (χ3n) is 4.69. The van der Waals surface area contributed by atoms with E-state index in [4.69, 9.17) is 9.84 Å². The summed E-state index contributed by atoms with van der Waals surface area (Å²) in [5.74, 6) is -1.54. The van der Waals surface area contributed by atoms with E-state index in [1.165, 1.54) is 0 Å². The van der Waals surface area contributed by atoms with Crippen LogP contribution in [-0.4, -0.2) is 80.1 Å². The number of carbonyl (C=O) groups excluding carboxylic acids is 3. The van der Waals surface area contributed by atoms with Gasteiger partial charge in [-0.3, -0.25) is 9.59 Å². The second-order valence-electron chi connectivity index (χ2n) is 7.82. The number of amides is 1. The molecule has 0 spiro atoms. The van der Waals surface area contributed by atoms with E-state index in [0.717, 1.165) is 6.29 Å². The van der Waals surface area contributed by atoms with E-state index < -0.39 is 11.9 Å². The summed E-state index contributed by atoms with van der Waals surface area (Å²) in [4.78, 5) is 45.2. The standard InChI is InChI=1S/C21H35N3O6/c1-16(2)21(29)30-13-7-9-22-15-17(3)20(28)23-10-6-11-24(4,5)18(8-12-25)14-19(26)27/h12,15,18H,1,6-11,13-14H2,2-5H3,(H2-,22,23,26,27,28)/p+1. The first-order valence-corrected chi connectivity index (χ1v) is 10.00. The lowest BCUT2D eigenvalue weighted by atomic mass is 10.1. The van der Waals surface area contributed by atoms with E-state index in [1.54, 1.807) is 20.0 Å². The van der Waals surface area contributed by atoms with Gasteiger partial charge in [0.25, 0.3) is 0 Å². The van der Waals surface area contributed by atoms with Gasteiger partial charge < -0.3 is 29.8 Å². The highest BCUT2D eigenvalue weighted by Crippen LogP contribution is 2.14. The van der Waals surface area contributed by atoms with Crippen molar-refractivity contribution in [3.05, 3.63) is 23.9 Å². The van der Waals surface area contributed by atoms with Gasteiger partial charge in [-0.15, -0.1) is 0 Å². The Hall–Kier alpha value is -2.68. The first-order valence-electron chi connectivity index (χ1n) is 10.00. The number of aliphatic carboxylic acids is 1. The molecule has 9 nitrogen and oxygen atoms in total. The maximum Gasteiger partial charge on any atom is 0.333 e. The highest BCUT2D eigenvalue weighted by molar-refractivity contribution is 5.92.